The molecule has 0 bridgehead atoms. The van der Waals surface area contributed by atoms with Gasteiger partial charge in [-0.2, -0.15) is 0 Å². The molecule has 0 aromatic heterocycles. The molecule has 0 saturated heterocycles. The first-order valence-electron chi connectivity index (χ1n) is 5.19. The summed E-state index contributed by atoms with van der Waals surface area (Å²) in [6.45, 7) is 0. The van der Waals surface area contributed by atoms with Crippen molar-refractivity contribution in [1.82, 2.24) is 0 Å². The van der Waals surface area contributed by atoms with Crippen LogP contribution in [0.1, 0.15) is 10.4 Å². The fourth-order valence-electron chi connectivity index (χ4n) is 1.45. The smallest absolute Gasteiger partial charge is 0.255 e. The van der Waals surface area contributed by atoms with Gasteiger partial charge in [0, 0.05) is 14.5 Å². The number of nitrogens with one attached hydrogen (secondary N) is 1. The number of anilines is 1. The van der Waals surface area contributed by atoms with Gasteiger partial charge in [0.25, 0.3) is 5.91 Å². The van der Waals surface area contributed by atoms with Crippen molar-refractivity contribution in [1.29, 1.82) is 0 Å². The van der Waals surface area contributed by atoms with Crippen molar-refractivity contribution in [3.63, 3.8) is 0 Å². The molecule has 0 saturated carbocycles. The predicted octanol–water partition coefficient (Wildman–Crippen LogP) is 5.77. The monoisotopic (exact) mass is 421 g/mol. The van der Waals surface area contributed by atoms with E-state index >= 15 is 0 Å². The standard InChI is InChI=1S/C13H7Br2Cl2NO/c14-8-3-1-2-7(6-8)13(19)18-10-5-4-9(15)11(16)12(10)17/h1-6H,(H,18,19). The minimum absolute atomic E-state index is 0.249. The van der Waals surface area contributed by atoms with Crippen LogP contribution < -0.4 is 5.32 Å². The number of benzene rings is 2. The maximum atomic E-state index is 12.1. The molecule has 0 spiro atoms. The zero-order chi connectivity index (χ0) is 14.0. The van der Waals surface area contributed by atoms with Crippen molar-refractivity contribution in [3.8, 4) is 0 Å². The zero-order valence-electron chi connectivity index (χ0n) is 9.38. The Morgan fingerprint density at radius 3 is 2.47 bits per heavy atom. The highest BCUT2D eigenvalue weighted by molar-refractivity contribution is 9.10. The Morgan fingerprint density at radius 1 is 1.05 bits per heavy atom. The number of rotatable bonds is 2. The van der Waals surface area contributed by atoms with Crippen LogP contribution in [0.4, 0.5) is 5.69 Å². The first-order chi connectivity index (χ1) is 8.99. The normalized spacial score (nSPS) is 10.3. The lowest BCUT2D eigenvalue weighted by Crippen LogP contribution is -2.12. The van der Waals surface area contributed by atoms with Gasteiger partial charge in [0.05, 0.1) is 15.7 Å². The van der Waals surface area contributed by atoms with Gasteiger partial charge in [-0.1, -0.05) is 45.2 Å². The molecule has 2 rings (SSSR count). The predicted molar refractivity (Wildman–Crippen MR) is 86.3 cm³/mol. The van der Waals surface area contributed by atoms with Crippen LogP contribution in [0.5, 0.6) is 0 Å². The number of hydrogen-bond donors (Lipinski definition) is 1. The molecule has 0 aliphatic heterocycles. The molecule has 0 aliphatic carbocycles. The van der Waals surface area contributed by atoms with E-state index in [1.165, 1.54) is 0 Å². The van der Waals surface area contributed by atoms with E-state index in [1.54, 1.807) is 30.3 Å². The first kappa shape index (κ1) is 14.9. The molecule has 1 amide bonds. The molecule has 2 aromatic carbocycles. The second kappa shape index (κ2) is 6.27. The molecule has 0 unspecified atom stereocenters. The van der Waals surface area contributed by atoms with Crippen LogP contribution in [0.2, 0.25) is 10.0 Å². The summed E-state index contributed by atoms with van der Waals surface area (Å²) in [7, 11) is 0. The topological polar surface area (TPSA) is 29.1 Å². The van der Waals surface area contributed by atoms with Gasteiger partial charge in [-0.25, -0.2) is 0 Å². The third-order valence-corrected chi connectivity index (χ3v) is 4.63. The molecule has 6 heteroatoms. The lowest BCUT2D eigenvalue weighted by molar-refractivity contribution is 0.102. The van der Waals surface area contributed by atoms with E-state index in [9.17, 15) is 4.79 Å². The number of halogens is 4. The van der Waals surface area contributed by atoms with Gasteiger partial charge in [-0.15, -0.1) is 0 Å². The van der Waals surface area contributed by atoms with E-state index < -0.39 is 0 Å². The highest BCUT2D eigenvalue weighted by Crippen LogP contribution is 2.36. The third kappa shape index (κ3) is 3.51. The molecule has 0 heterocycles. The van der Waals surface area contributed by atoms with Gasteiger partial charge in [0.2, 0.25) is 0 Å². The van der Waals surface area contributed by atoms with E-state index in [0.29, 0.717) is 25.8 Å². The largest absolute Gasteiger partial charge is 0.321 e. The summed E-state index contributed by atoms with van der Waals surface area (Å²) in [6, 6.07) is 10.5. The van der Waals surface area contributed by atoms with Crippen LogP contribution in [0.25, 0.3) is 0 Å². The maximum Gasteiger partial charge on any atom is 0.255 e. The van der Waals surface area contributed by atoms with Crippen LogP contribution in [0.15, 0.2) is 45.3 Å². The Balaban J connectivity index is 2.27. The lowest BCUT2D eigenvalue weighted by atomic mass is 10.2. The molecule has 0 fully saturated rings. The van der Waals surface area contributed by atoms with Crippen molar-refractivity contribution in [3.05, 3.63) is 61.0 Å². The fourth-order valence-corrected chi connectivity index (χ4v) is 2.67. The van der Waals surface area contributed by atoms with Gasteiger partial charge in [-0.3, -0.25) is 4.79 Å². The van der Waals surface area contributed by atoms with E-state index in [0.717, 1.165) is 4.47 Å². The molecule has 19 heavy (non-hydrogen) atoms. The summed E-state index contributed by atoms with van der Waals surface area (Å²) >= 11 is 18.7. The van der Waals surface area contributed by atoms with Crippen molar-refractivity contribution in [2.45, 2.75) is 0 Å². The Morgan fingerprint density at radius 2 is 1.79 bits per heavy atom. The minimum Gasteiger partial charge on any atom is -0.321 e. The van der Waals surface area contributed by atoms with Crippen LogP contribution in [0, 0.1) is 0 Å². The number of amides is 1. The fraction of sp³-hybridized carbons (Fsp3) is 0. The number of carbonyl (C=O) groups is 1. The van der Waals surface area contributed by atoms with Gasteiger partial charge < -0.3 is 5.32 Å². The molecule has 0 aliphatic rings. The summed E-state index contributed by atoms with van der Waals surface area (Å²) < 4.78 is 1.51. The SMILES string of the molecule is O=C(Nc1ccc(Br)c(Cl)c1Cl)c1cccc(Br)c1. The van der Waals surface area contributed by atoms with Crippen LogP contribution in [0.3, 0.4) is 0 Å². The average molecular weight is 424 g/mol. The molecule has 2 aromatic rings. The zero-order valence-corrected chi connectivity index (χ0v) is 14.1. The molecular formula is C13H7Br2Cl2NO. The van der Waals surface area contributed by atoms with Gasteiger partial charge in [0.1, 0.15) is 0 Å². The van der Waals surface area contributed by atoms with Crippen molar-refractivity contribution >= 4 is 66.7 Å². The van der Waals surface area contributed by atoms with Gasteiger partial charge in [-0.05, 0) is 46.3 Å². The van der Waals surface area contributed by atoms with Crippen molar-refractivity contribution in [2.75, 3.05) is 5.32 Å². The van der Waals surface area contributed by atoms with E-state index in [4.69, 9.17) is 23.2 Å². The van der Waals surface area contributed by atoms with E-state index in [-0.39, 0.29) is 5.91 Å². The summed E-state index contributed by atoms with van der Waals surface area (Å²) in [6.07, 6.45) is 0. The molecular weight excluding hydrogens is 417 g/mol. The molecule has 1 N–H and O–H groups in total. The first-order valence-corrected chi connectivity index (χ1v) is 7.53. The second-order valence-corrected chi connectivity index (χ2v) is 6.21. The average Bonchev–Trinajstić information content (AvgIpc) is 2.39. The quantitative estimate of drug-likeness (QED) is 0.610. The van der Waals surface area contributed by atoms with E-state index in [1.807, 2.05) is 6.07 Å². The highest BCUT2D eigenvalue weighted by atomic mass is 79.9. The molecule has 0 radical (unpaired) electrons. The Labute approximate surface area is 137 Å². The lowest BCUT2D eigenvalue weighted by Gasteiger charge is -2.09. The van der Waals surface area contributed by atoms with Crippen LogP contribution in [-0.2, 0) is 0 Å². The second-order valence-electron chi connectivity index (χ2n) is 3.69. The summed E-state index contributed by atoms with van der Waals surface area (Å²) in [5, 5.41) is 3.40. The van der Waals surface area contributed by atoms with E-state index in [2.05, 4.69) is 37.2 Å². The minimum atomic E-state index is -0.249. The number of carbonyl (C=O) groups excluding carboxylic acids is 1. The Bertz CT molecular complexity index is 647. The molecule has 2 nitrogen and oxygen atoms in total. The summed E-state index contributed by atoms with van der Waals surface area (Å²) in [4.78, 5) is 12.1. The third-order valence-electron chi connectivity index (χ3n) is 2.37. The molecule has 98 valence electrons. The molecule has 0 atom stereocenters. The van der Waals surface area contributed by atoms with Crippen LogP contribution in [-0.4, -0.2) is 5.91 Å². The summed E-state index contributed by atoms with van der Waals surface area (Å²) in [5.41, 5.74) is 1.00. The van der Waals surface area contributed by atoms with Crippen molar-refractivity contribution < 1.29 is 4.79 Å². The maximum absolute atomic E-state index is 12.1. The summed E-state index contributed by atoms with van der Waals surface area (Å²) in [5.74, 6) is -0.249. The Kier molecular flexibility index (Phi) is 4.90. The van der Waals surface area contributed by atoms with Gasteiger partial charge >= 0.3 is 0 Å². The van der Waals surface area contributed by atoms with Crippen molar-refractivity contribution in [2.24, 2.45) is 0 Å². The number of hydrogen-bond acceptors (Lipinski definition) is 1. The highest BCUT2D eigenvalue weighted by Gasteiger charge is 2.12. The Hall–Kier alpha value is -0.550. The van der Waals surface area contributed by atoms with Gasteiger partial charge in [0.15, 0.2) is 0 Å². The van der Waals surface area contributed by atoms with Crippen LogP contribution >= 0.6 is 55.1 Å².